The van der Waals surface area contributed by atoms with Crippen molar-refractivity contribution in [3.8, 4) is 0 Å². The second-order valence-corrected chi connectivity index (χ2v) is 14.2. The Hall–Kier alpha value is -3.63. The Morgan fingerprint density at radius 2 is 1.49 bits per heavy atom. The summed E-state index contributed by atoms with van der Waals surface area (Å²) in [4.78, 5) is 54.5. The number of hydrogen-bond donors (Lipinski definition) is 3. The fourth-order valence-electron chi connectivity index (χ4n) is 4.94. The van der Waals surface area contributed by atoms with E-state index in [0.717, 1.165) is 11.1 Å². The largest absolute Gasteiger partial charge is 0.459 e. The van der Waals surface area contributed by atoms with Gasteiger partial charge in [0.05, 0.1) is 0 Å². The Kier molecular flexibility index (Phi) is 11.7. The molecule has 1 fully saturated rings. The summed E-state index contributed by atoms with van der Waals surface area (Å²) in [6, 6.07) is 12.8. The fraction of sp³-hybridized carbons (Fsp3) is 0.529. The lowest BCUT2D eigenvalue weighted by molar-refractivity contribution is -0.162. The van der Waals surface area contributed by atoms with Crippen molar-refractivity contribution >= 4 is 35.5 Å². The van der Waals surface area contributed by atoms with Crippen LogP contribution in [0.3, 0.4) is 0 Å². The van der Waals surface area contributed by atoms with Gasteiger partial charge in [0.1, 0.15) is 28.8 Å². The van der Waals surface area contributed by atoms with Crippen molar-refractivity contribution in [2.75, 3.05) is 6.54 Å². The van der Waals surface area contributed by atoms with Gasteiger partial charge in [0, 0.05) is 24.7 Å². The number of esters is 1. The van der Waals surface area contributed by atoms with Crippen LogP contribution in [0.1, 0.15) is 91.0 Å². The number of amides is 3. The second kappa shape index (κ2) is 14.6. The molecule has 3 amide bonds. The molecule has 0 radical (unpaired) electrons. The van der Waals surface area contributed by atoms with Gasteiger partial charge in [-0.3, -0.25) is 19.7 Å². The van der Waals surface area contributed by atoms with Crippen LogP contribution in [0, 0.1) is 0 Å². The van der Waals surface area contributed by atoms with Gasteiger partial charge in [-0.25, -0.2) is 4.79 Å². The quantitative estimate of drug-likeness (QED) is 0.295. The Morgan fingerprint density at radius 3 is 2.11 bits per heavy atom. The first-order valence-electron chi connectivity index (χ1n) is 15.2. The summed E-state index contributed by atoms with van der Waals surface area (Å²) in [6.07, 6.45) is 0.601. The minimum Gasteiger partial charge on any atom is -0.459 e. The van der Waals surface area contributed by atoms with Crippen LogP contribution in [0.2, 0.25) is 5.02 Å². The molecule has 0 aliphatic carbocycles. The molecule has 11 heteroatoms. The average Bonchev–Trinajstić information content (AvgIpc) is 3.43. The molecular formula is C34H47ClN4O6. The molecule has 45 heavy (non-hydrogen) atoms. The molecule has 246 valence electrons. The van der Waals surface area contributed by atoms with E-state index in [4.69, 9.17) is 21.1 Å². The van der Waals surface area contributed by atoms with E-state index in [1.807, 2.05) is 30.3 Å². The summed E-state index contributed by atoms with van der Waals surface area (Å²) < 4.78 is 10.9. The fourth-order valence-corrected chi connectivity index (χ4v) is 5.14. The number of hydrogen-bond acceptors (Lipinski definition) is 7. The monoisotopic (exact) mass is 642 g/mol. The molecule has 2 aromatic carbocycles. The maximum Gasteiger partial charge on any atom is 0.407 e. The van der Waals surface area contributed by atoms with Gasteiger partial charge in [-0.1, -0.05) is 48.0 Å². The molecule has 0 bridgehead atoms. The first-order chi connectivity index (χ1) is 20.9. The number of carbonyl (C=O) groups is 4. The number of alkyl carbamates (subject to hydrolysis) is 1. The van der Waals surface area contributed by atoms with Gasteiger partial charge in [0.25, 0.3) is 0 Å². The van der Waals surface area contributed by atoms with Crippen LogP contribution in [-0.2, 0) is 36.9 Å². The molecule has 3 N–H and O–H groups in total. The van der Waals surface area contributed by atoms with Crippen molar-refractivity contribution in [2.24, 2.45) is 0 Å². The lowest BCUT2D eigenvalue weighted by atomic mass is 9.98. The summed E-state index contributed by atoms with van der Waals surface area (Å²) in [7, 11) is 0. The van der Waals surface area contributed by atoms with Gasteiger partial charge in [-0.15, -0.1) is 0 Å². The van der Waals surface area contributed by atoms with Crippen molar-refractivity contribution in [3.63, 3.8) is 0 Å². The molecule has 0 saturated carbocycles. The molecule has 0 unspecified atom stereocenters. The molecule has 2 atom stereocenters. The van der Waals surface area contributed by atoms with E-state index in [2.05, 4.69) is 16.0 Å². The highest BCUT2D eigenvalue weighted by atomic mass is 35.5. The minimum absolute atomic E-state index is 0.148. The highest BCUT2D eigenvalue weighted by Gasteiger charge is 2.42. The average molecular weight is 643 g/mol. The van der Waals surface area contributed by atoms with Crippen LogP contribution in [0.25, 0.3) is 0 Å². The number of benzene rings is 2. The summed E-state index contributed by atoms with van der Waals surface area (Å²) in [5.41, 5.74) is -0.363. The molecule has 2 aromatic rings. The molecule has 1 heterocycles. The zero-order valence-electron chi connectivity index (χ0n) is 27.6. The standard InChI is InChI=1S/C34H47ClN4O6/c1-32(2,3)44-30(42)34(7,8)38-27(22-13-10-9-11-14-22)29(41)39-18-12-15-26(39)28(40)36-21-24-19-25(35)17-16-23(24)20-37-31(43)45-33(4,5)6/h9-11,13-14,16-17,19,26-27,38H,12,15,18,20-21H2,1-8H3,(H,36,40)(H,37,43)/t26-,27+/m0/s1. The third kappa shape index (κ3) is 10.7. The van der Waals surface area contributed by atoms with Crippen LogP contribution in [0.4, 0.5) is 4.79 Å². The SMILES string of the molecule is CC(C)(C)OC(=O)NCc1ccc(Cl)cc1CNC(=O)[C@@H]1CCCN1C(=O)[C@H](NC(C)(C)C(=O)OC(C)(C)C)c1ccccc1. The van der Waals surface area contributed by atoms with E-state index < -0.39 is 40.9 Å². The third-order valence-electron chi connectivity index (χ3n) is 7.08. The van der Waals surface area contributed by atoms with Gasteiger partial charge in [0.15, 0.2) is 0 Å². The van der Waals surface area contributed by atoms with E-state index in [0.29, 0.717) is 30.0 Å². The predicted octanol–water partition coefficient (Wildman–Crippen LogP) is 5.42. The molecule has 1 saturated heterocycles. The number of rotatable bonds is 10. The third-order valence-corrected chi connectivity index (χ3v) is 7.31. The van der Waals surface area contributed by atoms with Gasteiger partial charge in [-0.05, 0) is 97.1 Å². The summed E-state index contributed by atoms with van der Waals surface area (Å²) in [6.45, 7) is 14.8. The van der Waals surface area contributed by atoms with E-state index in [-0.39, 0.29) is 24.9 Å². The van der Waals surface area contributed by atoms with Gasteiger partial charge in [0.2, 0.25) is 11.8 Å². The van der Waals surface area contributed by atoms with Crippen molar-refractivity contribution in [1.29, 1.82) is 0 Å². The highest BCUT2D eigenvalue weighted by Crippen LogP contribution is 2.27. The normalized spacial score (nSPS) is 16.1. The number of nitrogens with one attached hydrogen (secondary N) is 3. The van der Waals surface area contributed by atoms with E-state index in [1.54, 1.807) is 78.5 Å². The summed E-state index contributed by atoms with van der Waals surface area (Å²) in [5.74, 6) is -1.09. The molecule has 1 aliphatic heterocycles. The molecule has 0 spiro atoms. The first-order valence-corrected chi connectivity index (χ1v) is 15.6. The van der Waals surface area contributed by atoms with Gasteiger partial charge < -0.3 is 25.0 Å². The van der Waals surface area contributed by atoms with Crippen molar-refractivity contribution in [1.82, 2.24) is 20.9 Å². The first kappa shape index (κ1) is 35.8. The Balaban J connectivity index is 1.75. The Bertz CT molecular complexity index is 1370. The number of nitrogens with zero attached hydrogens (tertiary/aromatic N) is 1. The zero-order chi connectivity index (χ0) is 33.6. The topological polar surface area (TPSA) is 126 Å². The maximum atomic E-state index is 14.1. The van der Waals surface area contributed by atoms with Crippen LogP contribution in [-0.4, -0.2) is 58.1 Å². The van der Waals surface area contributed by atoms with Crippen LogP contribution < -0.4 is 16.0 Å². The number of likely N-dealkylation sites (tertiary alicyclic amines) is 1. The van der Waals surface area contributed by atoms with Crippen molar-refractivity contribution < 1.29 is 28.7 Å². The molecule has 0 aromatic heterocycles. The summed E-state index contributed by atoms with van der Waals surface area (Å²) in [5, 5.41) is 9.41. The molecule has 3 rings (SSSR count). The number of carbonyl (C=O) groups excluding carboxylic acids is 4. The van der Waals surface area contributed by atoms with E-state index in [9.17, 15) is 19.2 Å². The predicted molar refractivity (Wildman–Crippen MR) is 173 cm³/mol. The smallest absolute Gasteiger partial charge is 0.407 e. The Labute approximate surface area is 271 Å². The van der Waals surface area contributed by atoms with Crippen LogP contribution in [0.5, 0.6) is 0 Å². The molecule has 10 nitrogen and oxygen atoms in total. The van der Waals surface area contributed by atoms with Gasteiger partial charge >= 0.3 is 12.1 Å². The highest BCUT2D eigenvalue weighted by molar-refractivity contribution is 6.30. The van der Waals surface area contributed by atoms with Gasteiger partial charge in [-0.2, -0.15) is 0 Å². The van der Waals surface area contributed by atoms with Crippen molar-refractivity contribution in [2.45, 2.75) is 110 Å². The second-order valence-electron chi connectivity index (χ2n) is 13.8. The minimum atomic E-state index is -1.20. The summed E-state index contributed by atoms with van der Waals surface area (Å²) >= 11 is 6.26. The van der Waals surface area contributed by atoms with E-state index in [1.165, 1.54) is 0 Å². The molecular weight excluding hydrogens is 596 g/mol. The zero-order valence-corrected chi connectivity index (χ0v) is 28.3. The number of ether oxygens (including phenoxy) is 2. The lowest BCUT2D eigenvalue weighted by Gasteiger charge is -2.35. The van der Waals surface area contributed by atoms with Crippen LogP contribution in [0.15, 0.2) is 48.5 Å². The lowest BCUT2D eigenvalue weighted by Crippen LogP contribution is -2.56. The maximum absolute atomic E-state index is 14.1. The van der Waals surface area contributed by atoms with Crippen molar-refractivity contribution in [3.05, 3.63) is 70.2 Å². The van der Waals surface area contributed by atoms with E-state index >= 15 is 0 Å². The van der Waals surface area contributed by atoms with Crippen LogP contribution >= 0.6 is 11.6 Å². The number of halogens is 1. The Morgan fingerprint density at radius 1 is 0.867 bits per heavy atom. The molecule has 1 aliphatic rings.